The van der Waals surface area contributed by atoms with Gasteiger partial charge in [-0.05, 0) is 73.9 Å². The van der Waals surface area contributed by atoms with Crippen molar-refractivity contribution in [3.05, 3.63) is 70.8 Å². The summed E-state index contributed by atoms with van der Waals surface area (Å²) in [6.45, 7) is 6.60. The fraction of sp³-hybridized carbons (Fsp3) is 0.500. The van der Waals surface area contributed by atoms with Gasteiger partial charge in [0.15, 0.2) is 0 Å². The summed E-state index contributed by atoms with van der Waals surface area (Å²) in [7, 11) is 0. The molecule has 0 radical (unpaired) electrons. The topological polar surface area (TPSA) is 27.0 Å². The molecule has 0 amide bonds. The lowest BCUT2D eigenvalue weighted by atomic mass is 9.93. The number of rotatable bonds is 9. The maximum absolute atomic E-state index is 14.8. The molecule has 0 unspecified atom stereocenters. The average Bonchev–Trinajstić information content (AvgIpc) is 3.68. The van der Waals surface area contributed by atoms with Crippen molar-refractivity contribution in [2.24, 2.45) is 0 Å². The number of hydrogen-bond acceptors (Lipinski definition) is 2. The summed E-state index contributed by atoms with van der Waals surface area (Å²) in [6, 6.07) is 18.1. The van der Waals surface area contributed by atoms with Crippen molar-refractivity contribution in [3.63, 3.8) is 0 Å². The standard InChI is InChI=1S/C24H29F2N.C2H3N/c1-2-27(18-20-7-4-3-5-8-20)16-6-9-19-10-11-21(23(25)12-13-23)22(17-19)24(26)14-15-24;1-2-3/h3-5,7-8,10-11,17H,2,6,9,12-16,18H2,1H3;1H3. The minimum Gasteiger partial charge on any atom is -0.299 e. The van der Waals surface area contributed by atoms with Gasteiger partial charge in [-0.15, -0.1) is 0 Å². The zero-order chi connectivity index (χ0) is 21.6. The molecule has 0 bridgehead atoms. The number of nitrogens with zero attached hydrogens (tertiary/aromatic N) is 2. The Morgan fingerprint density at radius 1 is 0.933 bits per heavy atom. The molecular weight excluding hydrogens is 378 g/mol. The molecule has 2 saturated carbocycles. The van der Waals surface area contributed by atoms with E-state index in [1.54, 1.807) is 6.07 Å². The van der Waals surface area contributed by atoms with E-state index in [9.17, 15) is 8.78 Å². The molecule has 0 spiro atoms. The molecule has 30 heavy (non-hydrogen) atoms. The predicted octanol–water partition coefficient (Wildman–Crippen LogP) is 6.59. The third-order valence-corrected chi connectivity index (χ3v) is 6.06. The Bertz CT molecular complexity index is 864. The molecule has 0 heterocycles. The Morgan fingerprint density at radius 3 is 2.10 bits per heavy atom. The molecule has 0 aliphatic heterocycles. The van der Waals surface area contributed by atoms with Crippen LogP contribution in [0.5, 0.6) is 0 Å². The van der Waals surface area contributed by atoms with Gasteiger partial charge in [-0.2, -0.15) is 5.26 Å². The van der Waals surface area contributed by atoms with Crippen molar-refractivity contribution < 1.29 is 8.78 Å². The van der Waals surface area contributed by atoms with Crippen LogP contribution in [-0.4, -0.2) is 18.0 Å². The van der Waals surface area contributed by atoms with Crippen molar-refractivity contribution in [2.75, 3.05) is 13.1 Å². The van der Waals surface area contributed by atoms with E-state index in [1.807, 2.05) is 24.3 Å². The van der Waals surface area contributed by atoms with Gasteiger partial charge < -0.3 is 0 Å². The van der Waals surface area contributed by atoms with Crippen molar-refractivity contribution in [2.45, 2.75) is 70.3 Å². The zero-order valence-electron chi connectivity index (χ0n) is 18.1. The van der Waals surface area contributed by atoms with Crippen LogP contribution in [-0.2, 0) is 24.3 Å². The Morgan fingerprint density at radius 2 is 1.53 bits per heavy atom. The molecule has 2 aromatic rings. The lowest BCUT2D eigenvalue weighted by Crippen LogP contribution is -2.24. The molecule has 4 rings (SSSR count). The lowest BCUT2D eigenvalue weighted by Gasteiger charge is -2.21. The van der Waals surface area contributed by atoms with E-state index in [2.05, 4.69) is 36.1 Å². The Labute approximate surface area is 179 Å². The predicted molar refractivity (Wildman–Crippen MR) is 117 cm³/mol. The van der Waals surface area contributed by atoms with E-state index >= 15 is 0 Å². The maximum atomic E-state index is 14.8. The Balaban J connectivity index is 0.000000806. The first kappa shape index (κ1) is 22.4. The third kappa shape index (κ3) is 5.67. The minimum absolute atomic E-state index is 0.542. The third-order valence-electron chi connectivity index (χ3n) is 6.06. The molecule has 0 aromatic heterocycles. The number of nitriles is 1. The zero-order valence-corrected chi connectivity index (χ0v) is 18.1. The molecular formula is C26H32F2N2. The van der Waals surface area contributed by atoms with Crippen LogP contribution in [0.25, 0.3) is 0 Å². The van der Waals surface area contributed by atoms with Crippen LogP contribution in [0, 0.1) is 11.3 Å². The van der Waals surface area contributed by atoms with Gasteiger partial charge in [0, 0.05) is 13.5 Å². The summed E-state index contributed by atoms with van der Waals surface area (Å²) in [5, 5.41) is 7.32. The van der Waals surface area contributed by atoms with Gasteiger partial charge in [-0.3, -0.25) is 4.90 Å². The number of aryl methyl sites for hydroxylation is 1. The summed E-state index contributed by atoms with van der Waals surface area (Å²) >= 11 is 0. The largest absolute Gasteiger partial charge is 0.299 e. The molecule has 2 aliphatic rings. The van der Waals surface area contributed by atoms with Crippen molar-refractivity contribution >= 4 is 0 Å². The molecule has 2 aliphatic carbocycles. The highest BCUT2D eigenvalue weighted by molar-refractivity contribution is 5.44. The van der Waals surface area contributed by atoms with E-state index in [4.69, 9.17) is 5.26 Å². The number of benzene rings is 2. The van der Waals surface area contributed by atoms with Crippen LogP contribution in [0.3, 0.4) is 0 Å². The van der Waals surface area contributed by atoms with Crippen molar-refractivity contribution in [1.29, 1.82) is 5.26 Å². The first-order valence-corrected chi connectivity index (χ1v) is 11.0. The SMILES string of the molecule is CC#N.CCN(CCCc1ccc(C2(F)CC2)c(C2(F)CC2)c1)Cc1ccccc1. The van der Waals surface area contributed by atoms with Gasteiger partial charge in [0.05, 0.1) is 6.07 Å². The highest BCUT2D eigenvalue weighted by Crippen LogP contribution is 2.58. The fourth-order valence-corrected chi connectivity index (χ4v) is 3.96. The van der Waals surface area contributed by atoms with Crippen LogP contribution < -0.4 is 0 Å². The highest BCUT2D eigenvalue weighted by Gasteiger charge is 2.53. The molecule has 2 aromatic carbocycles. The molecule has 0 atom stereocenters. The van der Waals surface area contributed by atoms with Crippen LogP contribution in [0.4, 0.5) is 8.78 Å². The van der Waals surface area contributed by atoms with Crippen LogP contribution in [0.2, 0.25) is 0 Å². The average molecular weight is 411 g/mol. The Hall–Kier alpha value is -2.25. The van der Waals surface area contributed by atoms with Crippen LogP contribution >= 0.6 is 0 Å². The fourth-order valence-electron chi connectivity index (χ4n) is 3.96. The quantitative estimate of drug-likeness (QED) is 0.466. The summed E-state index contributed by atoms with van der Waals surface area (Å²) < 4.78 is 29.4. The first-order valence-electron chi connectivity index (χ1n) is 11.0. The smallest absolute Gasteiger partial charge is 0.136 e. The van der Waals surface area contributed by atoms with Crippen molar-refractivity contribution in [3.8, 4) is 6.07 Å². The number of alkyl halides is 2. The lowest BCUT2D eigenvalue weighted by molar-refractivity contribution is 0.276. The van der Waals surface area contributed by atoms with Gasteiger partial charge in [-0.1, -0.05) is 55.5 Å². The van der Waals surface area contributed by atoms with E-state index in [0.717, 1.165) is 38.0 Å². The second-order valence-corrected chi connectivity index (χ2v) is 8.49. The Kier molecular flexibility index (Phi) is 7.26. The number of halogens is 2. The highest BCUT2D eigenvalue weighted by atomic mass is 19.1. The van der Waals surface area contributed by atoms with Gasteiger partial charge in [-0.25, -0.2) is 8.78 Å². The van der Waals surface area contributed by atoms with E-state index in [1.165, 1.54) is 12.5 Å². The second kappa shape index (κ2) is 9.71. The second-order valence-electron chi connectivity index (χ2n) is 8.49. The van der Waals surface area contributed by atoms with Gasteiger partial charge in [0.1, 0.15) is 11.3 Å². The molecule has 2 nitrogen and oxygen atoms in total. The molecule has 0 saturated heterocycles. The van der Waals surface area contributed by atoms with Crippen LogP contribution in [0.15, 0.2) is 48.5 Å². The van der Waals surface area contributed by atoms with E-state index in [0.29, 0.717) is 36.8 Å². The summed E-state index contributed by atoms with van der Waals surface area (Å²) in [5.74, 6) is 0. The molecule has 0 N–H and O–H groups in total. The minimum atomic E-state index is -1.27. The monoisotopic (exact) mass is 410 g/mol. The normalized spacial score (nSPS) is 17.6. The summed E-state index contributed by atoms with van der Waals surface area (Å²) in [5.41, 5.74) is 1.19. The first-order chi connectivity index (χ1) is 14.4. The van der Waals surface area contributed by atoms with E-state index < -0.39 is 11.3 Å². The molecule has 160 valence electrons. The van der Waals surface area contributed by atoms with Gasteiger partial charge in [0.2, 0.25) is 0 Å². The van der Waals surface area contributed by atoms with Gasteiger partial charge >= 0.3 is 0 Å². The van der Waals surface area contributed by atoms with Gasteiger partial charge in [0.25, 0.3) is 0 Å². The maximum Gasteiger partial charge on any atom is 0.136 e. The van der Waals surface area contributed by atoms with Crippen molar-refractivity contribution in [1.82, 2.24) is 4.90 Å². The molecule has 2 fully saturated rings. The molecule has 4 heteroatoms. The van der Waals surface area contributed by atoms with E-state index in [-0.39, 0.29) is 0 Å². The summed E-state index contributed by atoms with van der Waals surface area (Å²) in [4.78, 5) is 2.43. The summed E-state index contributed by atoms with van der Waals surface area (Å²) in [6.07, 6.45) is 4.11. The number of hydrogen-bond donors (Lipinski definition) is 0. The van der Waals surface area contributed by atoms with Crippen LogP contribution in [0.1, 0.15) is 68.2 Å².